The minimum Gasteiger partial charge on any atom is -0.341 e. The van der Waals surface area contributed by atoms with E-state index in [9.17, 15) is 13.2 Å². The minimum absolute atomic E-state index is 0. The lowest BCUT2D eigenvalue weighted by molar-refractivity contribution is -0.134. The quantitative estimate of drug-likeness (QED) is 0.802. The molecule has 1 amide bonds. The van der Waals surface area contributed by atoms with E-state index in [0.29, 0.717) is 12.1 Å². The first-order valence-corrected chi connectivity index (χ1v) is 9.95. The van der Waals surface area contributed by atoms with Crippen LogP contribution in [0.4, 0.5) is 0 Å². The van der Waals surface area contributed by atoms with Crippen molar-refractivity contribution in [2.45, 2.75) is 61.7 Å². The number of nitrogens with zero attached hydrogens (tertiary/aromatic N) is 1. The van der Waals surface area contributed by atoms with Crippen LogP contribution in [0.2, 0.25) is 0 Å². The molecule has 0 aliphatic carbocycles. The number of hydrogen-bond donors (Lipinski definition) is 2. The van der Waals surface area contributed by atoms with Crippen LogP contribution < -0.4 is 10.0 Å². The Bertz CT molecular complexity index is 686. The van der Waals surface area contributed by atoms with E-state index in [1.165, 1.54) is 25.0 Å². The molecule has 25 heavy (non-hydrogen) atoms. The first-order valence-electron chi connectivity index (χ1n) is 8.47. The molecule has 3 unspecified atom stereocenters. The average Bonchev–Trinajstić information content (AvgIpc) is 2.92. The Morgan fingerprint density at radius 1 is 1.20 bits per heavy atom. The number of hydrogen-bond acceptors (Lipinski definition) is 4. The van der Waals surface area contributed by atoms with Gasteiger partial charge in [-0.15, -0.1) is 12.4 Å². The van der Waals surface area contributed by atoms with Gasteiger partial charge in [0.1, 0.15) is 0 Å². The number of carbonyl (C=O) groups is 1. The SMILES string of the molecule is CC(NS(=O)(=O)c1ccccc1)C(=O)N(C)C1CC2CCC(C1)N2.Cl. The Kier molecular flexibility index (Phi) is 6.48. The van der Waals surface area contributed by atoms with Gasteiger partial charge in [-0.3, -0.25) is 4.79 Å². The standard InChI is InChI=1S/C17H25N3O3S.ClH/c1-12(19-24(22,23)16-6-4-3-5-7-16)17(21)20(2)15-10-13-8-9-14(11-15)18-13;/h3-7,12-15,18-19H,8-11H2,1-2H3;1H. The molecule has 6 nitrogen and oxygen atoms in total. The third-order valence-electron chi connectivity index (χ3n) is 5.10. The maximum atomic E-state index is 12.7. The summed E-state index contributed by atoms with van der Waals surface area (Å²) in [5, 5.41) is 3.55. The number of piperidine rings is 1. The highest BCUT2D eigenvalue weighted by molar-refractivity contribution is 7.89. The number of carbonyl (C=O) groups excluding carboxylic acids is 1. The van der Waals surface area contributed by atoms with Crippen LogP contribution in [0, 0.1) is 0 Å². The summed E-state index contributed by atoms with van der Waals surface area (Å²) in [4.78, 5) is 14.6. The van der Waals surface area contributed by atoms with Gasteiger partial charge in [0.2, 0.25) is 15.9 Å². The van der Waals surface area contributed by atoms with E-state index in [1.807, 2.05) is 0 Å². The van der Waals surface area contributed by atoms with Gasteiger partial charge in [0, 0.05) is 25.2 Å². The normalized spacial score (nSPS) is 26.6. The van der Waals surface area contributed by atoms with Crippen LogP contribution in [0.5, 0.6) is 0 Å². The predicted octanol–water partition coefficient (Wildman–Crippen LogP) is 1.52. The van der Waals surface area contributed by atoms with E-state index in [-0.39, 0.29) is 29.3 Å². The maximum Gasteiger partial charge on any atom is 0.241 e. The second-order valence-electron chi connectivity index (χ2n) is 6.87. The number of benzene rings is 1. The molecule has 2 bridgehead atoms. The van der Waals surface area contributed by atoms with Crippen molar-refractivity contribution in [3.05, 3.63) is 30.3 Å². The van der Waals surface area contributed by atoms with Crippen LogP contribution in [0.1, 0.15) is 32.6 Å². The largest absolute Gasteiger partial charge is 0.341 e. The molecule has 3 atom stereocenters. The van der Waals surface area contributed by atoms with Crippen molar-refractivity contribution in [1.29, 1.82) is 0 Å². The smallest absolute Gasteiger partial charge is 0.241 e. The lowest BCUT2D eigenvalue weighted by atomic mass is 9.98. The van der Waals surface area contributed by atoms with Gasteiger partial charge in [-0.25, -0.2) is 8.42 Å². The average molecular weight is 388 g/mol. The van der Waals surface area contributed by atoms with Crippen molar-refractivity contribution < 1.29 is 13.2 Å². The zero-order chi connectivity index (χ0) is 17.3. The van der Waals surface area contributed by atoms with Crippen LogP contribution >= 0.6 is 12.4 Å². The summed E-state index contributed by atoms with van der Waals surface area (Å²) >= 11 is 0. The van der Waals surface area contributed by atoms with Crippen LogP contribution in [-0.4, -0.2) is 50.4 Å². The summed E-state index contributed by atoms with van der Waals surface area (Å²) in [5.41, 5.74) is 0. The Labute approximate surface area is 155 Å². The summed E-state index contributed by atoms with van der Waals surface area (Å²) in [5.74, 6) is -0.180. The van der Waals surface area contributed by atoms with Gasteiger partial charge >= 0.3 is 0 Å². The van der Waals surface area contributed by atoms with Gasteiger partial charge in [0.25, 0.3) is 0 Å². The highest BCUT2D eigenvalue weighted by Gasteiger charge is 2.37. The van der Waals surface area contributed by atoms with E-state index in [1.54, 1.807) is 37.1 Å². The van der Waals surface area contributed by atoms with Crippen molar-refractivity contribution in [1.82, 2.24) is 14.9 Å². The molecule has 2 N–H and O–H groups in total. The van der Waals surface area contributed by atoms with E-state index in [2.05, 4.69) is 10.0 Å². The Hall–Kier alpha value is -1.15. The minimum atomic E-state index is -3.69. The molecular weight excluding hydrogens is 362 g/mol. The van der Waals surface area contributed by atoms with Gasteiger partial charge in [-0.05, 0) is 44.7 Å². The number of fused-ring (bicyclic) bond motifs is 2. The molecule has 2 fully saturated rings. The Balaban J connectivity index is 0.00000225. The third kappa shape index (κ3) is 4.53. The highest BCUT2D eigenvalue weighted by Crippen LogP contribution is 2.29. The zero-order valence-electron chi connectivity index (χ0n) is 14.5. The zero-order valence-corrected chi connectivity index (χ0v) is 16.1. The van der Waals surface area contributed by atoms with E-state index in [0.717, 1.165) is 12.8 Å². The second kappa shape index (κ2) is 8.03. The van der Waals surface area contributed by atoms with Gasteiger partial charge in [0.15, 0.2) is 0 Å². The van der Waals surface area contributed by atoms with E-state index in [4.69, 9.17) is 0 Å². The molecule has 2 aliphatic rings. The fourth-order valence-electron chi connectivity index (χ4n) is 3.78. The molecule has 2 aliphatic heterocycles. The van der Waals surface area contributed by atoms with E-state index < -0.39 is 16.1 Å². The number of rotatable bonds is 5. The summed E-state index contributed by atoms with van der Waals surface area (Å²) in [6.07, 6.45) is 4.21. The molecule has 1 aromatic carbocycles. The van der Waals surface area contributed by atoms with Gasteiger partial charge < -0.3 is 10.2 Å². The molecule has 3 rings (SSSR count). The fraction of sp³-hybridized carbons (Fsp3) is 0.588. The molecule has 0 spiro atoms. The van der Waals surface area contributed by atoms with Gasteiger partial charge in [0.05, 0.1) is 10.9 Å². The van der Waals surface area contributed by atoms with Gasteiger partial charge in [-0.2, -0.15) is 4.72 Å². The molecule has 8 heteroatoms. The highest BCUT2D eigenvalue weighted by atomic mass is 35.5. The number of sulfonamides is 1. The number of nitrogens with one attached hydrogen (secondary N) is 2. The molecule has 2 saturated heterocycles. The van der Waals surface area contributed by atoms with Crippen molar-refractivity contribution in [2.75, 3.05) is 7.05 Å². The van der Waals surface area contributed by atoms with Crippen molar-refractivity contribution in [3.63, 3.8) is 0 Å². The van der Waals surface area contributed by atoms with E-state index >= 15 is 0 Å². The van der Waals surface area contributed by atoms with Crippen LogP contribution in [0.25, 0.3) is 0 Å². The summed E-state index contributed by atoms with van der Waals surface area (Å²) in [7, 11) is -1.91. The molecule has 1 aromatic rings. The first kappa shape index (κ1) is 20.2. The second-order valence-corrected chi connectivity index (χ2v) is 8.58. The monoisotopic (exact) mass is 387 g/mol. The van der Waals surface area contributed by atoms with Gasteiger partial charge in [-0.1, -0.05) is 18.2 Å². The van der Waals surface area contributed by atoms with Crippen molar-refractivity contribution in [3.8, 4) is 0 Å². The maximum absolute atomic E-state index is 12.7. The summed E-state index contributed by atoms with van der Waals surface area (Å²) < 4.78 is 27.2. The lowest BCUT2D eigenvalue weighted by Crippen LogP contribution is -2.53. The number of likely N-dealkylation sites (N-methyl/N-ethyl adjacent to an activating group) is 1. The molecule has 0 aromatic heterocycles. The molecule has 0 radical (unpaired) electrons. The number of amides is 1. The van der Waals surface area contributed by atoms with Crippen molar-refractivity contribution >= 4 is 28.3 Å². The van der Waals surface area contributed by atoms with Crippen molar-refractivity contribution in [2.24, 2.45) is 0 Å². The van der Waals surface area contributed by atoms with Crippen LogP contribution in [0.15, 0.2) is 35.2 Å². The number of halogens is 1. The Morgan fingerprint density at radius 2 is 1.76 bits per heavy atom. The van der Waals surface area contributed by atoms with Crippen LogP contribution in [-0.2, 0) is 14.8 Å². The molecule has 2 heterocycles. The first-order chi connectivity index (χ1) is 11.4. The molecule has 140 valence electrons. The topological polar surface area (TPSA) is 78.5 Å². The lowest BCUT2D eigenvalue weighted by Gasteiger charge is -2.36. The molecular formula is C17H26ClN3O3S. The Morgan fingerprint density at radius 3 is 2.32 bits per heavy atom. The summed E-state index contributed by atoms with van der Waals surface area (Å²) in [6.45, 7) is 1.61. The summed E-state index contributed by atoms with van der Waals surface area (Å²) in [6, 6.07) is 8.50. The van der Waals surface area contributed by atoms with Crippen LogP contribution in [0.3, 0.4) is 0 Å². The predicted molar refractivity (Wildman–Crippen MR) is 99.2 cm³/mol. The fourth-order valence-corrected chi connectivity index (χ4v) is 5.00. The molecule has 0 saturated carbocycles. The third-order valence-corrected chi connectivity index (χ3v) is 6.66.